The van der Waals surface area contributed by atoms with Gasteiger partial charge < -0.3 is 15.3 Å². The predicted octanol–water partition coefficient (Wildman–Crippen LogP) is 0.399. The third-order valence-corrected chi connectivity index (χ3v) is 1.88. The van der Waals surface area contributed by atoms with Crippen LogP contribution in [0.1, 0.15) is 6.92 Å². The van der Waals surface area contributed by atoms with Gasteiger partial charge in [-0.1, -0.05) is 18.2 Å². The number of phenols is 1. The average Bonchev–Trinajstić information content (AvgIpc) is 2.29. The number of hydrogen-bond donors (Lipinski definition) is 3. The first-order chi connectivity index (χ1) is 7.46. The molecule has 90 valence electrons. The molecule has 0 radical (unpaired) electrons. The van der Waals surface area contributed by atoms with Crippen LogP contribution in [-0.4, -0.2) is 39.0 Å². The highest BCUT2D eigenvalue weighted by Crippen LogP contribution is 2.04. The summed E-state index contributed by atoms with van der Waals surface area (Å²) in [5.41, 5.74) is -1.58. The molecule has 3 N–H and O–H groups in total. The maximum atomic E-state index is 9.97. The van der Waals surface area contributed by atoms with E-state index in [0.29, 0.717) is 5.75 Å². The lowest BCUT2D eigenvalue weighted by molar-refractivity contribution is -0.572. The summed E-state index contributed by atoms with van der Waals surface area (Å²) in [6.07, 6.45) is 0. The molecule has 1 aromatic carbocycles. The molecule has 0 heterocycles. The Morgan fingerprint density at radius 3 is 1.81 bits per heavy atom. The van der Waals surface area contributed by atoms with E-state index in [1.54, 1.807) is 24.3 Å². The van der Waals surface area contributed by atoms with Crippen LogP contribution in [-0.2, 0) is 0 Å². The number of rotatable bonds is 3. The molecule has 16 heavy (non-hydrogen) atoms. The van der Waals surface area contributed by atoms with E-state index in [1.807, 2.05) is 6.07 Å². The van der Waals surface area contributed by atoms with Crippen LogP contribution in [0.4, 0.5) is 0 Å². The highest BCUT2D eigenvalue weighted by molar-refractivity contribution is 5.18. The lowest BCUT2D eigenvalue weighted by Crippen LogP contribution is -2.42. The minimum atomic E-state index is -1.58. The minimum absolute atomic E-state index is 0.322. The summed E-state index contributed by atoms with van der Waals surface area (Å²) in [6.45, 7) is -0.111. The number of nitro groups is 1. The fourth-order valence-corrected chi connectivity index (χ4v) is 0.593. The second kappa shape index (κ2) is 6.76. The van der Waals surface area contributed by atoms with E-state index in [9.17, 15) is 10.1 Å². The molecule has 1 rings (SSSR count). The third-order valence-electron chi connectivity index (χ3n) is 1.88. The van der Waals surface area contributed by atoms with Crippen LogP contribution in [0.25, 0.3) is 0 Å². The number of nitrogens with zero attached hydrogens (tertiary/aromatic N) is 1. The molecular formula is C10H15NO5. The smallest absolute Gasteiger partial charge is 0.264 e. The molecule has 0 saturated carbocycles. The lowest BCUT2D eigenvalue weighted by Gasteiger charge is -2.13. The van der Waals surface area contributed by atoms with Crippen molar-refractivity contribution in [3.8, 4) is 5.75 Å². The third kappa shape index (κ3) is 4.72. The second-order valence-corrected chi connectivity index (χ2v) is 3.41. The fourth-order valence-electron chi connectivity index (χ4n) is 0.593. The molecule has 0 spiro atoms. The minimum Gasteiger partial charge on any atom is -0.508 e. The van der Waals surface area contributed by atoms with Crippen molar-refractivity contribution in [1.82, 2.24) is 0 Å². The quantitative estimate of drug-likeness (QED) is 0.514. The van der Waals surface area contributed by atoms with Gasteiger partial charge in [-0.25, -0.2) is 0 Å². The zero-order valence-corrected chi connectivity index (χ0v) is 8.91. The summed E-state index contributed by atoms with van der Waals surface area (Å²) in [5, 5.41) is 35.3. The van der Waals surface area contributed by atoms with Crippen molar-refractivity contribution in [2.45, 2.75) is 12.5 Å². The number of phenolic OH excluding ortho intramolecular Hbond substituents is 1. The van der Waals surface area contributed by atoms with Crippen LogP contribution >= 0.6 is 0 Å². The van der Waals surface area contributed by atoms with Crippen LogP contribution in [0.15, 0.2) is 30.3 Å². The molecule has 0 bridgehead atoms. The van der Waals surface area contributed by atoms with Crippen molar-refractivity contribution in [3.63, 3.8) is 0 Å². The van der Waals surface area contributed by atoms with E-state index in [0.717, 1.165) is 0 Å². The van der Waals surface area contributed by atoms with Crippen LogP contribution in [0, 0.1) is 10.1 Å². The Kier molecular flexibility index (Phi) is 6.06. The van der Waals surface area contributed by atoms with E-state index in [-0.39, 0.29) is 0 Å². The molecule has 0 aliphatic rings. The zero-order chi connectivity index (χ0) is 12.6. The highest BCUT2D eigenvalue weighted by atomic mass is 16.6. The number of aliphatic hydroxyl groups is 2. The topological polar surface area (TPSA) is 104 Å². The van der Waals surface area contributed by atoms with Crippen LogP contribution < -0.4 is 0 Å². The summed E-state index contributed by atoms with van der Waals surface area (Å²) < 4.78 is 0. The molecule has 6 nitrogen and oxygen atoms in total. The van der Waals surface area contributed by atoms with Gasteiger partial charge in [0.15, 0.2) is 0 Å². The average molecular weight is 229 g/mol. The van der Waals surface area contributed by atoms with Crippen molar-refractivity contribution >= 4 is 0 Å². The van der Waals surface area contributed by atoms with Crippen LogP contribution in [0.5, 0.6) is 5.75 Å². The number of benzene rings is 1. The molecule has 0 aromatic heterocycles. The predicted molar refractivity (Wildman–Crippen MR) is 57.7 cm³/mol. The van der Waals surface area contributed by atoms with E-state index >= 15 is 0 Å². The number of aromatic hydroxyl groups is 1. The van der Waals surface area contributed by atoms with E-state index < -0.39 is 23.7 Å². The monoisotopic (exact) mass is 229 g/mol. The lowest BCUT2D eigenvalue weighted by atomic mass is 10.1. The maximum absolute atomic E-state index is 9.97. The van der Waals surface area contributed by atoms with Gasteiger partial charge in [-0.15, -0.1) is 0 Å². The maximum Gasteiger partial charge on any atom is 0.264 e. The van der Waals surface area contributed by atoms with Gasteiger partial charge >= 0.3 is 0 Å². The number of hydrogen-bond acceptors (Lipinski definition) is 5. The molecule has 0 amide bonds. The van der Waals surface area contributed by atoms with Crippen molar-refractivity contribution in [2.75, 3.05) is 13.2 Å². The van der Waals surface area contributed by atoms with Gasteiger partial charge in [-0.05, 0) is 12.1 Å². The van der Waals surface area contributed by atoms with Gasteiger partial charge in [-0.3, -0.25) is 10.1 Å². The summed E-state index contributed by atoms with van der Waals surface area (Å²) in [4.78, 5) is 9.27. The number of para-hydroxylation sites is 1. The largest absolute Gasteiger partial charge is 0.508 e. The second-order valence-electron chi connectivity index (χ2n) is 3.41. The summed E-state index contributed by atoms with van der Waals surface area (Å²) in [6, 6.07) is 8.71. The molecule has 0 saturated heterocycles. The van der Waals surface area contributed by atoms with Crippen molar-refractivity contribution in [2.24, 2.45) is 0 Å². The number of aliphatic hydroxyl groups excluding tert-OH is 2. The molecule has 0 unspecified atom stereocenters. The van der Waals surface area contributed by atoms with Gasteiger partial charge in [0.2, 0.25) is 0 Å². The van der Waals surface area contributed by atoms with Crippen molar-refractivity contribution < 1.29 is 20.2 Å². The van der Waals surface area contributed by atoms with Gasteiger partial charge in [-0.2, -0.15) is 0 Å². The molecule has 0 aliphatic heterocycles. The summed E-state index contributed by atoms with van der Waals surface area (Å²) in [5.74, 6) is 0.322. The van der Waals surface area contributed by atoms with Gasteiger partial charge in [0.05, 0.1) is 0 Å². The van der Waals surface area contributed by atoms with E-state index in [2.05, 4.69) is 0 Å². The van der Waals surface area contributed by atoms with Crippen molar-refractivity contribution in [1.29, 1.82) is 0 Å². The van der Waals surface area contributed by atoms with Crippen molar-refractivity contribution in [3.05, 3.63) is 40.4 Å². The Bertz CT molecular complexity index is 310. The van der Waals surface area contributed by atoms with E-state index in [1.165, 1.54) is 6.92 Å². The summed E-state index contributed by atoms with van der Waals surface area (Å²) >= 11 is 0. The Morgan fingerprint density at radius 2 is 1.69 bits per heavy atom. The van der Waals surface area contributed by atoms with E-state index in [4.69, 9.17) is 15.3 Å². The Balaban J connectivity index is 0.000000288. The first-order valence-electron chi connectivity index (χ1n) is 4.56. The van der Waals surface area contributed by atoms with Gasteiger partial charge in [0, 0.05) is 11.8 Å². The summed E-state index contributed by atoms with van der Waals surface area (Å²) in [7, 11) is 0. The molecule has 0 aliphatic carbocycles. The van der Waals surface area contributed by atoms with Gasteiger partial charge in [0.25, 0.3) is 5.54 Å². The fraction of sp³-hybridized carbons (Fsp3) is 0.400. The normalized spacial score (nSPS) is 10.2. The molecular weight excluding hydrogens is 214 g/mol. The SMILES string of the molecule is CC(CO)(CO)[N+](=O)[O-].Oc1ccccc1. The molecule has 6 heteroatoms. The Labute approximate surface area is 92.9 Å². The standard InChI is InChI=1S/C6H6O.C4H9NO4/c7-6-4-2-1-3-5-6;1-4(2-6,3-7)5(8)9/h1-5,7H;6-7H,2-3H2,1H3. The molecule has 1 aromatic rings. The van der Waals surface area contributed by atoms with Crippen LogP contribution in [0.2, 0.25) is 0 Å². The highest BCUT2D eigenvalue weighted by Gasteiger charge is 2.35. The first kappa shape index (κ1) is 14.3. The molecule has 0 fully saturated rings. The molecule has 0 atom stereocenters. The van der Waals surface area contributed by atoms with Crippen LogP contribution in [0.3, 0.4) is 0 Å². The zero-order valence-electron chi connectivity index (χ0n) is 8.91. The Hall–Kier alpha value is -1.66. The van der Waals surface area contributed by atoms with Gasteiger partial charge in [0.1, 0.15) is 19.0 Å². The Morgan fingerprint density at radius 1 is 1.25 bits per heavy atom. The first-order valence-corrected chi connectivity index (χ1v) is 4.56.